The minimum atomic E-state index is 0.990. The van der Waals surface area contributed by atoms with E-state index in [0.29, 0.717) is 0 Å². The third-order valence-corrected chi connectivity index (χ3v) is 5.88. The Morgan fingerprint density at radius 2 is 1.22 bits per heavy atom. The Hall–Kier alpha value is -2.22. The van der Waals surface area contributed by atoms with Gasteiger partial charge < -0.3 is 0 Å². The van der Waals surface area contributed by atoms with E-state index in [9.17, 15) is 0 Å². The molecule has 174 valence electrons. The first-order chi connectivity index (χ1) is 15.7. The molecule has 0 radical (unpaired) electrons. The summed E-state index contributed by atoms with van der Waals surface area (Å²) >= 11 is 0. The first-order valence-electron chi connectivity index (χ1n) is 13.0. The molecule has 2 aromatic rings. The topological polar surface area (TPSA) is 24.7 Å². The van der Waals surface area contributed by atoms with Crippen molar-refractivity contribution in [1.29, 1.82) is 0 Å². The summed E-state index contributed by atoms with van der Waals surface area (Å²) in [4.78, 5) is 9.83. The molecule has 0 atom stereocenters. The summed E-state index contributed by atoms with van der Waals surface area (Å²) < 4.78 is 0. The Balaban J connectivity index is 2.11. The summed E-state index contributed by atoms with van der Waals surface area (Å²) in [6.45, 7) is 6.76. The Morgan fingerprint density at radius 1 is 0.656 bits per heavy atom. The van der Waals surface area contributed by atoms with Crippen LogP contribution < -0.4 is 0 Å². The SMILES string of the molecule is CCCCCCCCC(C=Nc1cccc(CCCC)c1)=Nc1cccc(CCCC)c1. The number of benzene rings is 2. The highest BCUT2D eigenvalue weighted by Crippen LogP contribution is 2.19. The fourth-order valence-corrected chi connectivity index (χ4v) is 3.89. The van der Waals surface area contributed by atoms with Crippen molar-refractivity contribution in [2.24, 2.45) is 9.98 Å². The first-order valence-corrected chi connectivity index (χ1v) is 13.0. The van der Waals surface area contributed by atoms with Gasteiger partial charge in [-0.25, -0.2) is 0 Å². The monoisotopic (exact) mass is 432 g/mol. The van der Waals surface area contributed by atoms with Crippen LogP contribution in [0.25, 0.3) is 0 Å². The summed E-state index contributed by atoms with van der Waals surface area (Å²) in [5.41, 5.74) is 5.94. The van der Waals surface area contributed by atoms with Crippen LogP contribution in [0, 0.1) is 0 Å². The number of hydrogen-bond acceptors (Lipinski definition) is 2. The quantitative estimate of drug-likeness (QED) is 0.186. The zero-order chi connectivity index (χ0) is 22.9. The fourth-order valence-electron chi connectivity index (χ4n) is 3.89. The van der Waals surface area contributed by atoms with E-state index in [1.807, 2.05) is 6.21 Å². The molecule has 0 fully saturated rings. The Morgan fingerprint density at radius 3 is 1.88 bits per heavy atom. The third-order valence-electron chi connectivity index (χ3n) is 5.88. The minimum absolute atomic E-state index is 0.990. The molecule has 0 unspecified atom stereocenters. The number of rotatable bonds is 16. The van der Waals surface area contributed by atoms with Crippen molar-refractivity contribution in [2.45, 2.75) is 104 Å². The van der Waals surface area contributed by atoms with Crippen molar-refractivity contribution in [3.8, 4) is 0 Å². The van der Waals surface area contributed by atoms with Crippen molar-refractivity contribution >= 4 is 23.3 Å². The van der Waals surface area contributed by atoms with Crippen molar-refractivity contribution in [3.05, 3.63) is 59.7 Å². The van der Waals surface area contributed by atoms with E-state index in [1.54, 1.807) is 0 Å². The highest BCUT2D eigenvalue weighted by molar-refractivity contribution is 6.31. The molecule has 0 aliphatic heterocycles. The van der Waals surface area contributed by atoms with Gasteiger partial charge in [-0.05, 0) is 73.9 Å². The first kappa shape index (κ1) is 26.0. The molecule has 0 saturated heterocycles. The van der Waals surface area contributed by atoms with Crippen LogP contribution in [-0.4, -0.2) is 11.9 Å². The minimum Gasteiger partial charge on any atom is -0.255 e. The van der Waals surface area contributed by atoms with Crippen LogP contribution in [0.4, 0.5) is 11.4 Å². The molecule has 2 nitrogen and oxygen atoms in total. The average Bonchev–Trinajstić information content (AvgIpc) is 2.82. The molecule has 2 heteroatoms. The zero-order valence-corrected chi connectivity index (χ0v) is 20.8. The molecule has 0 aliphatic rings. The van der Waals surface area contributed by atoms with Gasteiger partial charge in [0.15, 0.2) is 0 Å². The van der Waals surface area contributed by atoms with Crippen LogP contribution in [-0.2, 0) is 12.8 Å². The number of nitrogens with zero attached hydrogens (tertiary/aromatic N) is 2. The predicted molar refractivity (Wildman–Crippen MR) is 143 cm³/mol. The molecule has 2 rings (SSSR count). The van der Waals surface area contributed by atoms with E-state index in [0.717, 1.165) is 36.3 Å². The normalized spacial score (nSPS) is 12.0. The second kappa shape index (κ2) is 16.4. The van der Waals surface area contributed by atoms with Crippen LogP contribution in [0.1, 0.15) is 103 Å². The lowest BCUT2D eigenvalue weighted by molar-refractivity contribution is 0.616. The van der Waals surface area contributed by atoms with E-state index >= 15 is 0 Å². The molecule has 0 N–H and O–H groups in total. The van der Waals surface area contributed by atoms with Crippen LogP contribution in [0.3, 0.4) is 0 Å². The molecule has 2 aromatic carbocycles. The lowest BCUT2D eigenvalue weighted by atomic mass is 10.1. The molecule has 0 saturated carbocycles. The maximum atomic E-state index is 5.02. The van der Waals surface area contributed by atoms with Crippen LogP contribution in [0.15, 0.2) is 58.5 Å². The lowest BCUT2D eigenvalue weighted by Gasteiger charge is -2.05. The standard InChI is InChI=1S/C30H44N2/c1-4-7-10-11-12-13-20-30(32-29-22-15-19-27(24-29)17-9-6-3)25-31-28-21-14-18-26(23-28)16-8-5-2/h14-15,18-19,21-25H,4-13,16-17,20H2,1-3H3. The van der Waals surface area contributed by atoms with Gasteiger partial charge in [0.1, 0.15) is 0 Å². The summed E-state index contributed by atoms with van der Waals surface area (Å²) in [7, 11) is 0. The summed E-state index contributed by atoms with van der Waals surface area (Å²) in [5, 5.41) is 0. The number of aliphatic imine (C=N–C) groups is 2. The molecule has 32 heavy (non-hydrogen) atoms. The van der Waals surface area contributed by atoms with Gasteiger partial charge in [0.05, 0.1) is 17.1 Å². The maximum absolute atomic E-state index is 5.02. The van der Waals surface area contributed by atoms with Crippen molar-refractivity contribution in [1.82, 2.24) is 0 Å². The van der Waals surface area contributed by atoms with Gasteiger partial charge in [-0.15, -0.1) is 0 Å². The van der Waals surface area contributed by atoms with Crippen molar-refractivity contribution in [2.75, 3.05) is 0 Å². The molecular weight excluding hydrogens is 388 g/mol. The summed E-state index contributed by atoms with van der Waals surface area (Å²) in [6, 6.07) is 17.4. The van der Waals surface area contributed by atoms with Gasteiger partial charge in [0.2, 0.25) is 0 Å². The summed E-state index contributed by atoms with van der Waals surface area (Å²) in [5.74, 6) is 0. The van der Waals surface area contributed by atoms with Crippen LogP contribution in [0.5, 0.6) is 0 Å². The maximum Gasteiger partial charge on any atom is 0.0636 e. The smallest absolute Gasteiger partial charge is 0.0636 e. The highest BCUT2D eigenvalue weighted by atomic mass is 14.8. The van der Waals surface area contributed by atoms with Gasteiger partial charge in [-0.2, -0.15) is 0 Å². The van der Waals surface area contributed by atoms with E-state index < -0.39 is 0 Å². The predicted octanol–water partition coefficient (Wildman–Crippen LogP) is 9.60. The second-order valence-electron chi connectivity index (χ2n) is 8.93. The lowest BCUT2D eigenvalue weighted by Crippen LogP contribution is -2.00. The van der Waals surface area contributed by atoms with E-state index in [1.165, 1.54) is 75.3 Å². The highest BCUT2D eigenvalue weighted by Gasteiger charge is 2.01. The summed E-state index contributed by atoms with van der Waals surface area (Å²) in [6.07, 6.45) is 17.9. The van der Waals surface area contributed by atoms with Gasteiger partial charge >= 0.3 is 0 Å². The van der Waals surface area contributed by atoms with Gasteiger partial charge in [-0.1, -0.05) is 90.0 Å². The zero-order valence-electron chi connectivity index (χ0n) is 20.8. The fraction of sp³-hybridized carbons (Fsp3) is 0.533. The van der Waals surface area contributed by atoms with Gasteiger partial charge in [0.25, 0.3) is 0 Å². The number of aryl methyl sites for hydroxylation is 2. The van der Waals surface area contributed by atoms with Crippen LogP contribution >= 0.6 is 0 Å². The molecule has 0 bridgehead atoms. The average molecular weight is 433 g/mol. The number of unbranched alkanes of at least 4 members (excludes halogenated alkanes) is 7. The van der Waals surface area contributed by atoms with Gasteiger partial charge in [0, 0.05) is 6.21 Å². The molecule has 0 amide bonds. The van der Waals surface area contributed by atoms with Crippen molar-refractivity contribution in [3.63, 3.8) is 0 Å². The van der Waals surface area contributed by atoms with E-state index in [2.05, 4.69) is 69.3 Å². The molecule has 0 aromatic heterocycles. The largest absolute Gasteiger partial charge is 0.255 e. The molecule has 0 aliphatic carbocycles. The number of hydrogen-bond donors (Lipinski definition) is 0. The van der Waals surface area contributed by atoms with E-state index in [-0.39, 0.29) is 0 Å². The molecule has 0 spiro atoms. The second-order valence-corrected chi connectivity index (χ2v) is 8.93. The van der Waals surface area contributed by atoms with Crippen LogP contribution in [0.2, 0.25) is 0 Å². The molecular formula is C30H44N2. The molecule has 0 heterocycles. The Labute approximate surface area is 197 Å². The van der Waals surface area contributed by atoms with Gasteiger partial charge in [-0.3, -0.25) is 9.98 Å². The third kappa shape index (κ3) is 10.9. The Kier molecular flexibility index (Phi) is 13.4. The Bertz CT molecular complexity index is 819. The van der Waals surface area contributed by atoms with Crippen molar-refractivity contribution < 1.29 is 0 Å². The van der Waals surface area contributed by atoms with E-state index in [4.69, 9.17) is 9.98 Å².